The van der Waals surface area contributed by atoms with Gasteiger partial charge < -0.3 is 23.7 Å². The molecule has 11 rings (SSSR count). The monoisotopic (exact) mass is 794 g/mol. The predicted molar refractivity (Wildman–Crippen MR) is 177 cm³/mol. The van der Waals surface area contributed by atoms with Gasteiger partial charge >= 0.3 is 12.4 Å². The summed E-state index contributed by atoms with van der Waals surface area (Å²) in [6, 6.07) is 0. The van der Waals surface area contributed by atoms with Crippen molar-refractivity contribution in [3.8, 4) is 0 Å². The van der Waals surface area contributed by atoms with E-state index in [1.807, 2.05) is 9.80 Å². The van der Waals surface area contributed by atoms with E-state index >= 15 is 0 Å². The molecule has 310 valence electrons. The Labute approximate surface area is 316 Å². The Hall–Kier alpha value is -1.70. The molecule has 4 bridgehead atoms. The number of ether oxygens (including phenoxy) is 5. The van der Waals surface area contributed by atoms with Gasteiger partial charge in [-0.05, 0) is 81.8 Å². The van der Waals surface area contributed by atoms with Crippen LogP contribution in [0.25, 0.3) is 0 Å². The third kappa shape index (κ3) is 6.27. The Balaban J connectivity index is 0.856. The second-order valence-electron chi connectivity index (χ2n) is 17.8. The molecular weight excluding hydrogens is 742 g/mol. The molecule has 2 unspecified atom stereocenters. The minimum atomic E-state index is -4.73. The van der Waals surface area contributed by atoms with Gasteiger partial charge in [0.1, 0.15) is 0 Å². The summed E-state index contributed by atoms with van der Waals surface area (Å²) in [6.07, 6.45) is -7.10. The van der Waals surface area contributed by atoms with Gasteiger partial charge in [-0.15, -0.1) is 0 Å². The first-order valence-corrected chi connectivity index (χ1v) is 20.0. The molecule has 7 saturated heterocycles. The molecule has 0 radical (unpaired) electrons. The van der Waals surface area contributed by atoms with Crippen LogP contribution in [0.5, 0.6) is 0 Å². The molecule has 9 fully saturated rings. The zero-order valence-electron chi connectivity index (χ0n) is 31.8. The van der Waals surface area contributed by atoms with Crippen molar-refractivity contribution in [2.45, 2.75) is 133 Å². The molecule has 55 heavy (non-hydrogen) atoms. The van der Waals surface area contributed by atoms with Gasteiger partial charge in [-0.25, -0.2) is 19.6 Å². The number of allylic oxidation sites excluding steroid dienone is 2. The highest BCUT2D eigenvalue weighted by Gasteiger charge is 2.72. The van der Waals surface area contributed by atoms with Crippen LogP contribution < -0.4 is 0 Å². The van der Waals surface area contributed by atoms with Crippen LogP contribution in [0, 0.1) is 35.5 Å². The third-order valence-corrected chi connectivity index (χ3v) is 14.5. The van der Waals surface area contributed by atoms with E-state index in [1.54, 1.807) is 13.8 Å². The number of nitrogens with zero attached hydrogens (tertiary/aromatic N) is 2. The van der Waals surface area contributed by atoms with Crippen molar-refractivity contribution in [2.24, 2.45) is 35.5 Å². The molecule has 11 aliphatic rings. The van der Waals surface area contributed by atoms with Gasteiger partial charge in [0.25, 0.3) is 0 Å². The lowest BCUT2D eigenvalue weighted by atomic mass is 9.59. The minimum absolute atomic E-state index is 0.0115. The van der Waals surface area contributed by atoms with Gasteiger partial charge in [0.15, 0.2) is 11.2 Å². The molecule has 0 amide bonds. The van der Waals surface area contributed by atoms with Crippen LogP contribution in [0.4, 0.5) is 26.3 Å². The Morgan fingerprint density at radius 3 is 1.62 bits per heavy atom. The summed E-state index contributed by atoms with van der Waals surface area (Å²) in [5.41, 5.74) is -2.07. The number of halogens is 6. The Morgan fingerprint density at radius 1 is 0.636 bits per heavy atom. The highest BCUT2D eigenvalue weighted by atomic mass is 19.4. The maximum atomic E-state index is 14.7. The van der Waals surface area contributed by atoms with Gasteiger partial charge in [-0.1, -0.05) is 13.8 Å². The predicted octanol–water partition coefficient (Wildman–Crippen LogP) is 7.09. The first-order chi connectivity index (χ1) is 26.0. The normalized spacial score (nSPS) is 46.1. The fraction of sp³-hybridized carbons (Fsp3) is 0.895. The van der Waals surface area contributed by atoms with E-state index in [0.717, 1.165) is 12.8 Å². The molecule has 2 saturated carbocycles. The SMILES string of the molecule is C[C@@H]1CC[C@H]2C(CCOCN3CCN(CC4=C(C(F)(F)F)O[C@@H]5OC6(C)CC[C@H]7[C@H](C)CC[C@@H]4[C@@]57OO6)CC3)=C(C(F)(F)F)O[C@@H]3OC4(C)CC[C@@H]1[C@]32OO4. The average Bonchev–Trinajstić information content (AvgIpc) is 3.50. The molecule has 0 aromatic rings. The van der Waals surface area contributed by atoms with E-state index in [-0.39, 0.29) is 61.1 Å². The Bertz CT molecular complexity index is 1570. The van der Waals surface area contributed by atoms with Crippen molar-refractivity contribution in [2.75, 3.05) is 46.1 Å². The number of rotatable bonds is 7. The second-order valence-corrected chi connectivity index (χ2v) is 17.8. The van der Waals surface area contributed by atoms with Crippen LogP contribution in [0.2, 0.25) is 0 Å². The van der Waals surface area contributed by atoms with Crippen LogP contribution >= 0.6 is 0 Å². The zero-order valence-corrected chi connectivity index (χ0v) is 31.8. The maximum Gasteiger partial charge on any atom is 0.449 e. The first kappa shape index (κ1) is 38.8. The molecular formula is C38H52F6N2O9. The van der Waals surface area contributed by atoms with E-state index in [9.17, 15) is 26.3 Å². The van der Waals surface area contributed by atoms with Crippen LogP contribution in [0.15, 0.2) is 22.7 Å². The topological polar surface area (TPSA) is 89.6 Å². The lowest BCUT2D eigenvalue weighted by Gasteiger charge is -2.57. The standard InChI is InChI=1S/C38H52F6N2O9/c1-21-5-7-27-23(29(37(39,40)41)48-31-35(27)25(21)9-12-33(3,50-31)52-54-35)11-18-47-20-46-16-14-45(15-17-46)19-24-28-8-6-22(2)26-10-13-34(4)51-32(36(26,28)55-53-34)49-30(24)38(42,43)44/h21-22,25-28,31-32H,5-20H2,1-4H3/t21-,22-,25+,26+,27+,28+,31-,32-,33?,34?,35-,36-/m1/s1. The summed E-state index contributed by atoms with van der Waals surface area (Å²) in [4.78, 5) is 27.7. The summed E-state index contributed by atoms with van der Waals surface area (Å²) in [5, 5.41) is 0. The highest BCUT2D eigenvalue weighted by Crippen LogP contribution is 2.63. The molecule has 0 N–H and O–H groups in total. The molecule has 12 atom stereocenters. The molecule has 9 heterocycles. The Kier molecular flexibility index (Phi) is 9.46. The van der Waals surface area contributed by atoms with Crippen molar-refractivity contribution in [3.05, 3.63) is 22.7 Å². The molecule has 17 heteroatoms. The lowest BCUT2D eigenvalue weighted by Crippen LogP contribution is -2.68. The van der Waals surface area contributed by atoms with E-state index in [4.69, 9.17) is 43.2 Å². The zero-order chi connectivity index (χ0) is 38.8. The van der Waals surface area contributed by atoms with Crippen LogP contribution in [0.3, 0.4) is 0 Å². The van der Waals surface area contributed by atoms with Gasteiger partial charge in [-0.3, -0.25) is 9.80 Å². The van der Waals surface area contributed by atoms with Crippen LogP contribution in [-0.2, 0) is 43.2 Å². The van der Waals surface area contributed by atoms with Gasteiger partial charge in [0, 0.05) is 69.2 Å². The van der Waals surface area contributed by atoms with Crippen molar-refractivity contribution in [1.29, 1.82) is 0 Å². The quantitative estimate of drug-likeness (QED) is 0.150. The molecule has 2 aliphatic carbocycles. The molecule has 0 aromatic heterocycles. The lowest BCUT2D eigenvalue weighted by molar-refractivity contribution is -0.557. The summed E-state index contributed by atoms with van der Waals surface area (Å²) < 4.78 is 117. The third-order valence-electron chi connectivity index (χ3n) is 14.5. The summed E-state index contributed by atoms with van der Waals surface area (Å²) >= 11 is 0. The molecule has 11 nitrogen and oxygen atoms in total. The summed E-state index contributed by atoms with van der Waals surface area (Å²) in [6.45, 7) is 9.72. The largest absolute Gasteiger partial charge is 0.456 e. The molecule has 2 spiro atoms. The number of fused-ring (bicyclic) bond motifs is 4. The highest BCUT2D eigenvalue weighted by molar-refractivity contribution is 5.30. The number of hydrogen-bond donors (Lipinski definition) is 0. The summed E-state index contributed by atoms with van der Waals surface area (Å²) in [7, 11) is 0. The number of hydrogen-bond acceptors (Lipinski definition) is 11. The van der Waals surface area contributed by atoms with Gasteiger partial charge in [-0.2, -0.15) is 26.3 Å². The minimum Gasteiger partial charge on any atom is -0.456 e. The molecule has 9 aliphatic heterocycles. The van der Waals surface area contributed by atoms with Crippen molar-refractivity contribution in [1.82, 2.24) is 9.80 Å². The first-order valence-electron chi connectivity index (χ1n) is 20.0. The summed E-state index contributed by atoms with van der Waals surface area (Å²) in [5.74, 6) is -5.42. The fourth-order valence-electron chi connectivity index (χ4n) is 11.6. The van der Waals surface area contributed by atoms with Crippen LogP contribution in [-0.4, -0.2) is 104 Å². The second kappa shape index (κ2) is 13.4. The van der Waals surface area contributed by atoms with Gasteiger partial charge in [0.2, 0.25) is 35.7 Å². The van der Waals surface area contributed by atoms with E-state index in [0.29, 0.717) is 64.7 Å². The van der Waals surface area contributed by atoms with Crippen molar-refractivity contribution >= 4 is 0 Å². The number of alkyl halides is 6. The van der Waals surface area contributed by atoms with E-state index < -0.39 is 71.1 Å². The maximum absolute atomic E-state index is 14.7. The average molecular weight is 795 g/mol. The fourth-order valence-corrected chi connectivity index (χ4v) is 11.6. The Morgan fingerprint density at radius 2 is 1.11 bits per heavy atom. The number of piperazine rings is 1. The van der Waals surface area contributed by atoms with Crippen LogP contribution in [0.1, 0.15) is 85.5 Å². The molecule has 0 aromatic carbocycles. The smallest absolute Gasteiger partial charge is 0.449 e. The van der Waals surface area contributed by atoms with Crippen molar-refractivity contribution < 1.29 is 69.6 Å². The van der Waals surface area contributed by atoms with Crippen molar-refractivity contribution in [3.63, 3.8) is 0 Å². The van der Waals surface area contributed by atoms with E-state index in [1.165, 1.54) is 0 Å². The van der Waals surface area contributed by atoms with E-state index in [2.05, 4.69) is 13.8 Å². The van der Waals surface area contributed by atoms with Gasteiger partial charge in [0.05, 0.1) is 13.3 Å².